The number of aromatic nitrogens is 3. The maximum Gasteiger partial charge on any atom is 0.223 e. The monoisotopic (exact) mass is 395 g/mol. The summed E-state index contributed by atoms with van der Waals surface area (Å²) in [7, 11) is 1.54. The molecular weight excluding hydrogens is 373 g/mol. The molecule has 0 aliphatic heterocycles. The number of amides is 1. The number of H-pyrrole nitrogens is 1. The Kier molecular flexibility index (Phi) is 4.34. The van der Waals surface area contributed by atoms with Crippen molar-refractivity contribution in [3.8, 4) is 5.75 Å². The summed E-state index contributed by atoms with van der Waals surface area (Å²) < 4.78 is 19.1. The van der Waals surface area contributed by atoms with Gasteiger partial charge in [0.05, 0.1) is 18.2 Å². The Morgan fingerprint density at radius 2 is 2.14 bits per heavy atom. The van der Waals surface area contributed by atoms with E-state index in [-0.39, 0.29) is 17.6 Å². The summed E-state index contributed by atoms with van der Waals surface area (Å²) in [4.78, 5) is 24.7. The van der Waals surface area contributed by atoms with E-state index >= 15 is 0 Å². The molecule has 1 aromatic carbocycles. The van der Waals surface area contributed by atoms with Gasteiger partial charge in [-0.3, -0.25) is 4.79 Å². The number of hydrogen-bond acceptors (Lipinski definition) is 5. The standard InChI is InChI=1S/C21H22FN5O2/c1-29-17-7-3-12(22)9-16(17)27-20-18-14-8-11(21(28)25-13-4-5-13)2-6-15(14)26-19(18)23-10-24-20/h3,7,9-11,13H,2,4-6,8H2,1H3,(H,25,28)(H2,23,24,26,27). The summed E-state index contributed by atoms with van der Waals surface area (Å²) in [5, 5.41) is 7.15. The normalized spacial score (nSPS) is 18.3. The van der Waals surface area contributed by atoms with Crippen molar-refractivity contribution in [1.29, 1.82) is 0 Å². The number of anilines is 2. The zero-order valence-corrected chi connectivity index (χ0v) is 16.1. The molecule has 7 nitrogen and oxygen atoms in total. The first-order chi connectivity index (χ1) is 14.1. The first-order valence-corrected chi connectivity index (χ1v) is 9.87. The van der Waals surface area contributed by atoms with Crippen LogP contribution >= 0.6 is 0 Å². The van der Waals surface area contributed by atoms with Crippen LogP contribution in [0, 0.1) is 11.7 Å². The van der Waals surface area contributed by atoms with Crippen LogP contribution in [0.15, 0.2) is 24.5 Å². The number of carbonyl (C=O) groups is 1. The molecular formula is C21H22FN5O2. The zero-order chi connectivity index (χ0) is 20.0. The number of carbonyl (C=O) groups excluding carboxylic acids is 1. The van der Waals surface area contributed by atoms with Crippen LogP contribution in [0.3, 0.4) is 0 Å². The summed E-state index contributed by atoms with van der Waals surface area (Å²) in [5.41, 5.74) is 3.35. The van der Waals surface area contributed by atoms with E-state index in [1.54, 1.807) is 6.07 Å². The lowest BCUT2D eigenvalue weighted by Crippen LogP contribution is -2.35. The number of aryl methyl sites for hydroxylation is 1. The Morgan fingerprint density at radius 3 is 2.93 bits per heavy atom. The molecule has 3 N–H and O–H groups in total. The molecule has 1 unspecified atom stereocenters. The van der Waals surface area contributed by atoms with Crippen LogP contribution in [0.25, 0.3) is 11.0 Å². The molecule has 1 atom stereocenters. The molecule has 0 radical (unpaired) electrons. The Morgan fingerprint density at radius 1 is 1.28 bits per heavy atom. The van der Waals surface area contributed by atoms with Crippen molar-refractivity contribution >= 4 is 28.4 Å². The summed E-state index contributed by atoms with van der Waals surface area (Å²) in [6.07, 6.45) is 5.86. The van der Waals surface area contributed by atoms with E-state index in [4.69, 9.17) is 4.74 Å². The molecule has 29 heavy (non-hydrogen) atoms. The number of nitrogens with one attached hydrogen (secondary N) is 3. The molecule has 2 aliphatic rings. The Hall–Kier alpha value is -3.16. The van der Waals surface area contributed by atoms with Crippen molar-refractivity contribution in [2.24, 2.45) is 5.92 Å². The highest BCUT2D eigenvalue weighted by atomic mass is 19.1. The molecule has 1 amide bonds. The quantitative estimate of drug-likeness (QED) is 0.617. The van der Waals surface area contributed by atoms with Gasteiger partial charge in [0, 0.05) is 23.7 Å². The topological polar surface area (TPSA) is 91.9 Å². The SMILES string of the molecule is COc1ccc(F)cc1Nc1ncnc2[nH]c3c(c12)CC(C(=O)NC1CC1)CC3. The van der Waals surface area contributed by atoms with Gasteiger partial charge >= 0.3 is 0 Å². The number of fused-ring (bicyclic) bond motifs is 3. The third kappa shape index (κ3) is 3.39. The van der Waals surface area contributed by atoms with Crippen LogP contribution in [0.5, 0.6) is 5.75 Å². The van der Waals surface area contributed by atoms with Gasteiger partial charge in [0.25, 0.3) is 0 Å². The van der Waals surface area contributed by atoms with Crippen LogP contribution < -0.4 is 15.4 Å². The van der Waals surface area contributed by atoms with Crippen LogP contribution in [-0.2, 0) is 17.6 Å². The second kappa shape index (κ2) is 7.02. The molecule has 1 fully saturated rings. The third-order valence-corrected chi connectivity index (χ3v) is 5.69. The van der Waals surface area contributed by atoms with Gasteiger partial charge in [0.2, 0.25) is 5.91 Å². The van der Waals surface area contributed by atoms with Crippen LogP contribution in [0.2, 0.25) is 0 Å². The molecule has 0 bridgehead atoms. The van der Waals surface area contributed by atoms with Crippen LogP contribution in [0.1, 0.15) is 30.5 Å². The van der Waals surface area contributed by atoms with Crippen LogP contribution in [-0.4, -0.2) is 34.0 Å². The predicted molar refractivity (Wildman–Crippen MR) is 107 cm³/mol. The van der Waals surface area contributed by atoms with Gasteiger partial charge in [-0.2, -0.15) is 0 Å². The highest BCUT2D eigenvalue weighted by Gasteiger charge is 2.32. The van der Waals surface area contributed by atoms with Crippen molar-refractivity contribution in [1.82, 2.24) is 20.3 Å². The number of hydrogen-bond donors (Lipinski definition) is 3. The maximum absolute atomic E-state index is 13.8. The molecule has 3 aromatic rings. The highest BCUT2D eigenvalue weighted by molar-refractivity contribution is 5.94. The predicted octanol–water partition coefficient (Wildman–Crippen LogP) is 3.23. The van der Waals surface area contributed by atoms with E-state index in [0.717, 1.165) is 42.3 Å². The van der Waals surface area contributed by atoms with Gasteiger partial charge in [-0.25, -0.2) is 14.4 Å². The fraction of sp³-hybridized carbons (Fsp3) is 0.381. The van der Waals surface area contributed by atoms with E-state index in [9.17, 15) is 9.18 Å². The smallest absolute Gasteiger partial charge is 0.223 e. The minimum absolute atomic E-state index is 0.0566. The summed E-state index contributed by atoms with van der Waals surface area (Å²) in [6.45, 7) is 0. The Balaban J connectivity index is 1.51. The third-order valence-electron chi connectivity index (χ3n) is 5.69. The molecule has 150 valence electrons. The Bertz CT molecular complexity index is 1090. The average molecular weight is 395 g/mol. The number of halogens is 1. The summed E-state index contributed by atoms with van der Waals surface area (Å²) >= 11 is 0. The van der Waals surface area contributed by atoms with Gasteiger partial charge < -0.3 is 20.4 Å². The second-order valence-corrected chi connectivity index (χ2v) is 7.72. The first-order valence-electron chi connectivity index (χ1n) is 9.87. The molecule has 2 aromatic heterocycles. The maximum atomic E-state index is 13.8. The fourth-order valence-corrected chi connectivity index (χ4v) is 4.01. The minimum Gasteiger partial charge on any atom is -0.495 e. The molecule has 8 heteroatoms. The van der Waals surface area contributed by atoms with Gasteiger partial charge in [-0.1, -0.05) is 0 Å². The highest BCUT2D eigenvalue weighted by Crippen LogP contribution is 2.37. The van der Waals surface area contributed by atoms with Crippen molar-refractivity contribution in [3.63, 3.8) is 0 Å². The number of nitrogens with zero attached hydrogens (tertiary/aromatic N) is 2. The van der Waals surface area contributed by atoms with E-state index in [2.05, 4.69) is 25.6 Å². The van der Waals surface area contributed by atoms with Crippen LogP contribution in [0.4, 0.5) is 15.9 Å². The molecule has 5 rings (SSSR count). The molecule has 2 aliphatic carbocycles. The zero-order valence-electron chi connectivity index (χ0n) is 16.1. The largest absolute Gasteiger partial charge is 0.495 e. The number of benzene rings is 1. The van der Waals surface area contributed by atoms with Gasteiger partial charge in [0.15, 0.2) is 0 Å². The number of methoxy groups -OCH3 is 1. The van der Waals surface area contributed by atoms with Gasteiger partial charge in [0.1, 0.15) is 29.4 Å². The molecule has 2 heterocycles. The lowest BCUT2D eigenvalue weighted by atomic mass is 9.86. The van der Waals surface area contributed by atoms with Crippen molar-refractivity contribution in [2.45, 2.75) is 38.1 Å². The van der Waals surface area contributed by atoms with E-state index in [0.29, 0.717) is 35.4 Å². The fourth-order valence-electron chi connectivity index (χ4n) is 4.01. The van der Waals surface area contributed by atoms with E-state index in [1.807, 2.05) is 0 Å². The second-order valence-electron chi connectivity index (χ2n) is 7.72. The lowest BCUT2D eigenvalue weighted by Gasteiger charge is -2.22. The average Bonchev–Trinajstić information content (AvgIpc) is 3.45. The minimum atomic E-state index is -0.369. The molecule has 0 saturated heterocycles. The first kappa shape index (κ1) is 17.9. The van der Waals surface area contributed by atoms with Gasteiger partial charge in [-0.05, 0) is 49.8 Å². The summed E-state index contributed by atoms with van der Waals surface area (Å²) in [5.74, 6) is 0.792. The van der Waals surface area contributed by atoms with E-state index < -0.39 is 0 Å². The van der Waals surface area contributed by atoms with Crippen molar-refractivity contribution in [2.75, 3.05) is 12.4 Å². The van der Waals surface area contributed by atoms with Crippen molar-refractivity contribution in [3.05, 3.63) is 41.6 Å². The van der Waals surface area contributed by atoms with Crippen molar-refractivity contribution < 1.29 is 13.9 Å². The molecule has 0 spiro atoms. The Labute approximate surface area is 167 Å². The number of rotatable bonds is 5. The van der Waals surface area contributed by atoms with Gasteiger partial charge in [-0.15, -0.1) is 0 Å². The van der Waals surface area contributed by atoms with E-state index in [1.165, 1.54) is 25.6 Å². The lowest BCUT2D eigenvalue weighted by molar-refractivity contribution is -0.125. The number of ether oxygens (including phenoxy) is 1. The number of aromatic amines is 1. The summed E-state index contributed by atoms with van der Waals surface area (Å²) in [6, 6.07) is 4.65. The molecule has 1 saturated carbocycles.